The van der Waals surface area contributed by atoms with Crippen molar-refractivity contribution in [1.82, 2.24) is 0 Å². The molecule has 1 saturated carbocycles. The molecule has 15 heavy (non-hydrogen) atoms. The zero-order valence-electron chi connectivity index (χ0n) is 7.47. The van der Waals surface area contributed by atoms with Crippen LogP contribution in [0.3, 0.4) is 0 Å². The van der Waals surface area contributed by atoms with E-state index in [0.717, 1.165) is 0 Å². The molecule has 3 aliphatic rings. The van der Waals surface area contributed by atoms with Crippen molar-refractivity contribution in [2.75, 3.05) is 0 Å². The second-order valence-electron chi connectivity index (χ2n) is 3.98. The maximum absolute atomic E-state index is 11.3. The van der Waals surface area contributed by atoms with Gasteiger partial charge in [-0.2, -0.15) is 0 Å². The van der Waals surface area contributed by atoms with E-state index >= 15 is 0 Å². The molecule has 2 heterocycles. The molecule has 78 valence electrons. The summed E-state index contributed by atoms with van der Waals surface area (Å²) in [5.41, 5.74) is 0. The number of esters is 4. The molecule has 0 spiro atoms. The van der Waals surface area contributed by atoms with Gasteiger partial charge in [-0.25, -0.2) is 0 Å². The zero-order chi connectivity index (χ0) is 10.7. The number of ether oxygens (including phenoxy) is 2. The van der Waals surface area contributed by atoms with E-state index in [0.29, 0.717) is 0 Å². The van der Waals surface area contributed by atoms with Gasteiger partial charge < -0.3 is 9.47 Å². The number of carbonyl (C=O) groups excluding carboxylic acids is 4. The van der Waals surface area contributed by atoms with Crippen molar-refractivity contribution < 1.29 is 28.7 Å². The van der Waals surface area contributed by atoms with Crippen molar-refractivity contribution in [2.24, 2.45) is 23.7 Å². The summed E-state index contributed by atoms with van der Waals surface area (Å²) in [5, 5.41) is 0. The molecule has 0 aromatic carbocycles. The lowest BCUT2D eigenvalue weighted by molar-refractivity contribution is -0.158. The second-order valence-corrected chi connectivity index (χ2v) is 3.98. The molecule has 6 nitrogen and oxygen atoms in total. The normalized spacial score (nSPS) is 42.7. The molecule has 6 heteroatoms. The highest BCUT2D eigenvalue weighted by molar-refractivity contribution is 6.05. The largest absolute Gasteiger partial charge is 0.393 e. The lowest BCUT2D eigenvalue weighted by Crippen LogP contribution is -2.24. The van der Waals surface area contributed by atoms with E-state index in [4.69, 9.17) is 0 Å². The van der Waals surface area contributed by atoms with Crippen LogP contribution in [-0.4, -0.2) is 23.9 Å². The topological polar surface area (TPSA) is 86.7 Å². The average Bonchev–Trinajstić information content (AvgIpc) is 2.72. The molecule has 0 aromatic rings. The highest BCUT2D eigenvalue weighted by atomic mass is 16.6. The molecule has 0 amide bonds. The van der Waals surface area contributed by atoms with Crippen LogP contribution in [0.4, 0.5) is 0 Å². The fourth-order valence-corrected chi connectivity index (χ4v) is 2.66. The van der Waals surface area contributed by atoms with Gasteiger partial charge in [0, 0.05) is 0 Å². The third kappa shape index (κ3) is 0.886. The molecule has 3 rings (SSSR count). The molecule has 3 fully saturated rings. The lowest BCUT2D eigenvalue weighted by Gasteiger charge is -2.06. The maximum atomic E-state index is 11.3. The molecule has 1 aliphatic carbocycles. The zero-order valence-corrected chi connectivity index (χ0v) is 7.47. The molecule has 0 radical (unpaired) electrons. The van der Waals surface area contributed by atoms with Crippen LogP contribution in [0.2, 0.25) is 0 Å². The van der Waals surface area contributed by atoms with Crippen LogP contribution in [0.5, 0.6) is 0 Å². The van der Waals surface area contributed by atoms with E-state index in [1.54, 1.807) is 0 Å². The first-order valence-corrected chi connectivity index (χ1v) is 4.60. The van der Waals surface area contributed by atoms with Crippen molar-refractivity contribution in [3.8, 4) is 0 Å². The highest BCUT2D eigenvalue weighted by Gasteiger charge is 2.64. The first-order valence-electron chi connectivity index (χ1n) is 4.60. The summed E-state index contributed by atoms with van der Waals surface area (Å²) in [4.78, 5) is 45.0. The summed E-state index contributed by atoms with van der Waals surface area (Å²) in [6, 6.07) is 0. The average molecular weight is 210 g/mol. The van der Waals surface area contributed by atoms with Gasteiger partial charge in [-0.05, 0) is 6.42 Å². The number of hydrogen-bond donors (Lipinski definition) is 0. The molecule has 4 atom stereocenters. The van der Waals surface area contributed by atoms with Crippen LogP contribution in [0.25, 0.3) is 0 Å². The maximum Gasteiger partial charge on any atom is 0.318 e. The van der Waals surface area contributed by atoms with E-state index in [2.05, 4.69) is 9.47 Å². The van der Waals surface area contributed by atoms with Crippen molar-refractivity contribution in [3.05, 3.63) is 0 Å². The highest BCUT2D eigenvalue weighted by Crippen LogP contribution is 2.49. The Morgan fingerprint density at radius 2 is 1.13 bits per heavy atom. The second kappa shape index (κ2) is 2.44. The number of cyclic esters (lactones) is 4. The third-order valence-electron chi connectivity index (χ3n) is 3.31. The smallest absolute Gasteiger partial charge is 0.318 e. The third-order valence-corrected chi connectivity index (χ3v) is 3.31. The van der Waals surface area contributed by atoms with Crippen LogP contribution < -0.4 is 0 Å². The molecular weight excluding hydrogens is 204 g/mol. The predicted molar refractivity (Wildman–Crippen MR) is 40.8 cm³/mol. The summed E-state index contributed by atoms with van der Waals surface area (Å²) in [5.74, 6) is -5.54. The first kappa shape index (κ1) is 8.58. The van der Waals surface area contributed by atoms with E-state index in [9.17, 15) is 19.2 Å². The van der Waals surface area contributed by atoms with Crippen LogP contribution in [0, 0.1) is 23.7 Å². The van der Waals surface area contributed by atoms with Gasteiger partial charge in [0.1, 0.15) is 0 Å². The van der Waals surface area contributed by atoms with Crippen molar-refractivity contribution in [1.29, 1.82) is 0 Å². The van der Waals surface area contributed by atoms with Crippen LogP contribution in [0.1, 0.15) is 6.42 Å². The first-order chi connectivity index (χ1) is 7.09. The number of carbonyl (C=O) groups is 4. The van der Waals surface area contributed by atoms with Crippen molar-refractivity contribution in [2.45, 2.75) is 6.42 Å². The van der Waals surface area contributed by atoms with Crippen molar-refractivity contribution >= 4 is 23.9 Å². The van der Waals surface area contributed by atoms with Crippen molar-refractivity contribution in [3.63, 3.8) is 0 Å². The molecule has 2 aliphatic heterocycles. The quantitative estimate of drug-likeness (QED) is 0.377. The number of hydrogen-bond acceptors (Lipinski definition) is 6. The number of rotatable bonds is 0. The Hall–Kier alpha value is -1.72. The summed E-state index contributed by atoms with van der Waals surface area (Å²) in [6.45, 7) is 0. The fourth-order valence-electron chi connectivity index (χ4n) is 2.66. The lowest BCUT2D eigenvalue weighted by atomic mass is 9.90. The SMILES string of the molecule is O=C1OC(=O)[C@H]2C[C@@H]3C(=O)OC(=O)[C@H]3[C@@H]12. The van der Waals surface area contributed by atoms with Gasteiger partial charge in [0.2, 0.25) is 0 Å². The Balaban J connectivity index is 2.03. The minimum Gasteiger partial charge on any atom is -0.393 e. The van der Waals surface area contributed by atoms with Gasteiger partial charge in [-0.1, -0.05) is 0 Å². The molecule has 2 saturated heterocycles. The van der Waals surface area contributed by atoms with Gasteiger partial charge in [0.05, 0.1) is 23.7 Å². The molecule has 0 bridgehead atoms. The van der Waals surface area contributed by atoms with Gasteiger partial charge in [-0.3, -0.25) is 19.2 Å². The van der Waals surface area contributed by atoms with E-state index in [1.807, 2.05) is 0 Å². The Labute approximate surface area is 83.5 Å². The monoisotopic (exact) mass is 210 g/mol. The fraction of sp³-hybridized carbons (Fsp3) is 0.556. The standard InChI is InChI=1S/C9H6O6/c10-6-2-1-3-5(4(2)8(12)14-6)9(13)15-7(3)11/h2-5H,1H2/t2-,3-,4-,5+/m0/s1. The molecule has 0 aromatic heterocycles. The van der Waals surface area contributed by atoms with E-state index < -0.39 is 47.5 Å². The Kier molecular flexibility index (Phi) is 1.40. The Morgan fingerprint density at radius 1 is 0.733 bits per heavy atom. The summed E-state index contributed by atoms with van der Waals surface area (Å²) >= 11 is 0. The van der Waals surface area contributed by atoms with Gasteiger partial charge in [0.25, 0.3) is 0 Å². The van der Waals surface area contributed by atoms with Gasteiger partial charge >= 0.3 is 23.9 Å². The minimum atomic E-state index is -0.804. The van der Waals surface area contributed by atoms with Gasteiger partial charge in [-0.15, -0.1) is 0 Å². The van der Waals surface area contributed by atoms with Crippen LogP contribution in [-0.2, 0) is 28.7 Å². The van der Waals surface area contributed by atoms with Crippen LogP contribution in [0.15, 0.2) is 0 Å². The summed E-state index contributed by atoms with van der Waals surface area (Å²) in [6.07, 6.45) is 0.185. The molecule has 0 unspecified atom stereocenters. The van der Waals surface area contributed by atoms with Crippen LogP contribution >= 0.6 is 0 Å². The van der Waals surface area contributed by atoms with E-state index in [-0.39, 0.29) is 6.42 Å². The van der Waals surface area contributed by atoms with Gasteiger partial charge in [0.15, 0.2) is 0 Å². The Bertz CT molecular complexity index is 373. The molecular formula is C9H6O6. The summed E-state index contributed by atoms with van der Waals surface area (Å²) in [7, 11) is 0. The van der Waals surface area contributed by atoms with E-state index in [1.165, 1.54) is 0 Å². The predicted octanol–water partition coefficient (Wildman–Crippen LogP) is -0.978. The molecule has 0 N–H and O–H groups in total. The Morgan fingerprint density at radius 3 is 1.53 bits per heavy atom. The summed E-state index contributed by atoms with van der Waals surface area (Å²) < 4.78 is 8.85. The minimum absolute atomic E-state index is 0.185. The number of fused-ring (bicyclic) bond motifs is 3.